The highest BCUT2D eigenvalue weighted by molar-refractivity contribution is 7.15. The van der Waals surface area contributed by atoms with E-state index in [4.69, 9.17) is 11.6 Å². The molecule has 114 valence electrons. The molecule has 0 aliphatic heterocycles. The highest BCUT2D eigenvalue weighted by atomic mass is 35.5. The number of halogens is 2. The lowest BCUT2D eigenvalue weighted by molar-refractivity contribution is -0.129. The lowest BCUT2D eigenvalue weighted by Gasteiger charge is -2.18. The molecule has 0 aliphatic carbocycles. The monoisotopic (exact) mass is 337 g/mol. The highest BCUT2D eigenvalue weighted by Gasteiger charge is 2.16. The molecule has 0 N–H and O–H groups in total. The van der Waals surface area contributed by atoms with Gasteiger partial charge in [-0.15, -0.1) is 11.3 Å². The van der Waals surface area contributed by atoms with E-state index in [1.165, 1.54) is 22.3 Å². The maximum Gasteiger partial charge on any atom is 0.228 e. The summed E-state index contributed by atoms with van der Waals surface area (Å²) in [5.74, 6) is -0.542. The summed E-state index contributed by atoms with van der Waals surface area (Å²) in [6.45, 7) is 0.132. The summed E-state index contributed by atoms with van der Waals surface area (Å²) >= 11 is 7.50. The fourth-order valence-corrected chi connectivity index (χ4v) is 3.10. The minimum atomic E-state index is -0.408. The predicted molar refractivity (Wildman–Crippen MR) is 84.7 cm³/mol. The number of rotatable bonds is 4. The molecule has 4 nitrogen and oxygen atoms in total. The van der Waals surface area contributed by atoms with Crippen LogP contribution in [0.5, 0.6) is 0 Å². The average Bonchev–Trinajstić information content (AvgIpc) is 3.03. The van der Waals surface area contributed by atoms with Crippen molar-refractivity contribution in [2.75, 3.05) is 7.05 Å². The first-order chi connectivity index (χ1) is 10.5. The van der Waals surface area contributed by atoms with Gasteiger partial charge in [0.05, 0.1) is 12.1 Å². The largest absolute Gasteiger partial charge is 0.341 e. The summed E-state index contributed by atoms with van der Waals surface area (Å²) in [5.41, 5.74) is 1.02. The molecule has 0 bridgehead atoms. The Balaban J connectivity index is 1.70. The lowest BCUT2D eigenvalue weighted by atomic mass is 10.2. The summed E-state index contributed by atoms with van der Waals surface area (Å²) in [6, 6.07) is 4.49. The van der Waals surface area contributed by atoms with Gasteiger partial charge in [-0.1, -0.05) is 17.7 Å². The minimum absolute atomic E-state index is 0.132. The molecular formula is C15H13ClFN3OS. The summed E-state index contributed by atoms with van der Waals surface area (Å²) in [7, 11) is 1.63. The molecule has 7 heteroatoms. The van der Waals surface area contributed by atoms with Crippen LogP contribution in [0.3, 0.4) is 0 Å². The second-order valence-electron chi connectivity index (χ2n) is 4.95. The van der Waals surface area contributed by atoms with Crippen LogP contribution in [0.4, 0.5) is 4.39 Å². The van der Waals surface area contributed by atoms with Crippen LogP contribution in [-0.4, -0.2) is 27.2 Å². The average molecular weight is 338 g/mol. The quantitative estimate of drug-likeness (QED) is 0.732. The van der Waals surface area contributed by atoms with Crippen LogP contribution in [0, 0.1) is 5.82 Å². The number of carbonyl (C=O) groups is 1. The van der Waals surface area contributed by atoms with Crippen molar-refractivity contribution in [2.24, 2.45) is 0 Å². The van der Waals surface area contributed by atoms with Gasteiger partial charge in [0.25, 0.3) is 0 Å². The topological polar surface area (TPSA) is 37.6 Å². The number of benzene rings is 1. The first-order valence-electron chi connectivity index (χ1n) is 6.62. The minimum Gasteiger partial charge on any atom is -0.341 e. The van der Waals surface area contributed by atoms with Gasteiger partial charge in [-0.2, -0.15) is 0 Å². The second-order valence-corrected chi connectivity index (χ2v) is 6.23. The molecule has 1 aromatic carbocycles. The van der Waals surface area contributed by atoms with Crippen molar-refractivity contribution >= 4 is 33.8 Å². The Morgan fingerprint density at radius 1 is 1.50 bits per heavy atom. The molecule has 0 unspecified atom stereocenters. The highest BCUT2D eigenvalue weighted by Crippen LogP contribution is 2.20. The number of hydrogen-bond acceptors (Lipinski definition) is 3. The molecule has 0 atom stereocenters. The predicted octanol–water partition coefficient (Wildman–Crippen LogP) is 3.39. The number of hydrogen-bond donors (Lipinski definition) is 0. The second kappa shape index (κ2) is 6.06. The van der Waals surface area contributed by atoms with Gasteiger partial charge in [0.2, 0.25) is 5.91 Å². The van der Waals surface area contributed by atoms with Gasteiger partial charge in [-0.3, -0.25) is 9.20 Å². The van der Waals surface area contributed by atoms with Crippen LogP contribution in [0.2, 0.25) is 5.02 Å². The fourth-order valence-electron chi connectivity index (χ4n) is 2.16. The zero-order chi connectivity index (χ0) is 15.7. The SMILES string of the molecule is CN(Cc1c(F)cccc1Cl)C(=O)Cc1cn2ccsc2n1. The summed E-state index contributed by atoms with van der Waals surface area (Å²) in [5, 5.41) is 2.25. The Kier molecular flexibility index (Phi) is 4.13. The Labute approximate surface area is 135 Å². The van der Waals surface area contributed by atoms with Gasteiger partial charge < -0.3 is 4.90 Å². The zero-order valence-corrected chi connectivity index (χ0v) is 13.4. The van der Waals surface area contributed by atoms with E-state index in [2.05, 4.69) is 4.98 Å². The van der Waals surface area contributed by atoms with E-state index in [-0.39, 0.29) is 18.9 Å². The Morgan fingerprint density at radius 3 is 3.05 bits per heavy atom. The van der Waals surface area contributed by atoms with E-state index in [1.807, 2.05) is 22.2 Å². The first kappa shape index (κ1) is 15.0. The van der Waals surface area contributed by atoms with E-state index < -0.39 is 5.82 Å². The number of fused-ring (bicyclic) bond motifs is 1. The molecule has 0 saturated carbocycles. The summed E-state index contributed by atoms with van der Waals surface area (Å²) in [6.07, 6.45) is 3.90. The van der Waals surface area contributed by atoms with Gasteiger partial charge in [0, 0.05) is 42.0 Å². The molecule has 2 aromatic heterocycles. The standard InChI is InChI=1S/C15H13ClFN3OS/c1-19(9-11-12(16)3-2-4-13(11)17)14(21)7-10-8-20-5-6-22-15(20)18-10/h2-6,8H,7,9H2,1H3. The van der Waals surface area contributed by atoms with Crippen molar-refractivity contribution in [2.45, 2.75) is 13.0 Å². The van der Waals surface area contributed by atoms with Crippen molar-refractivity contribution in [1.29, 1.82) is 0 Å². The van der Waals surface area contributed by atoms with E-state index >= 15 is 0 Å². The molecule has 0 spiro atoms. The van der Waals surface area contributed by atoms with Crippen LogP contribution in [0.15, 0.2) is 36.0 Å². The van der Waals surface area contributed by atoms with Crippen molar-refractivity contribution < 1.29 is 9.18 Å². The number of imidazole rings is 1. The molecule has 0 saturated heterocycles. The van der Waals surface area contributed by atoms with Crippen molar-refractivity contribution in [1.82, 2.24) is 14.3 Å². The summed E-state index contributed by atoms with van der Waals surface area (Å²) < 4.78 is 15.6. The maximum absolute atomic E-state index is 13.8. The van der Waals surface area contributed by atoms with Crippen molar-refractivity contribution in [3.8, 4) is 0 Å². The number of likely N-dealkylation sites (N-methyl/N-ethyl adjacent to an activating group) is 1. The molecule has 2 heterocycles. The first-order valence-corrected chi connectivity index (χ1v) is 7.88. The third kappa shape index (κ3) is 2.98. The molecular weight excluding hydrogens is 325 g/mol. The third-order valence-corrected chi connectivity index (χ3v) is 4.48. The van der Waals surface area contributed by atoms with E-state index in [1.54, 1.807) is 19.2 Å². The maximum atomic E-state index is 13.8. The molecule has 1 amide bonds. The molecule has 0 radical (unpaired) electrons. The fraction of sp³-hybridized carbons (Fsp3) is 0.200. The van der Waals surface area contributed by atoms with Crippen LogP contribution < -0.4 is 0 Å². The summed E-state index contributed by atoms with van der Waals surface area (Å²) in [4.78, 5) is 18.9. The zero-order valence-electron chi connectivity index (χ0n) is 11.8. The third-order valence-electron chi connectivity index (χ3n) is 3.36. The molecule has 3 rings (SSSR count). The number of carbonyl (C=O) groups excluding carboxylic acids is 1. The molecule has 0 fully saturated rings. The molecule has 3 aromatic rings. The van der Waals surface area contributed by atoms with Gasteiger partial charge in [0.15, 0.2) is 4.96 Å². The van der Waals surface area contributed by atoms with Gasteiger partial charge in [-0.25, -0.2) is 9.37 Å². The Hall–Kier alpha value is -1.92. The van der Waals surface area contributed by atoms with Crippen LogP contribution in [0.1, 0.15) is 11.3 Å². The van der Waals surface area contributed by atoms with E-state index in [0.29, 0.717) is 16.3 Å². The van der Waals surface area contributed by atoms with Gasteiger partial charge in [-0.05, 0) is 12.1 Å². The normalized spacial score (nSPS) is 11.0. The van der Waals surface area contributed by atoms with Crippen molar-refractivity contribution in [3.63, 3.8) is 0 Å². The smallest absolute Gasteiger partial charge is 0.228 e. The Morgan fingerprint density at radius 2 is 2.32 bits per heavy atom. The van der Waals surface area contributed by atoms with Crippen LogP contribution >= 0.6 is 22.9 Å². The molecule has 0 aliphatic rings. The van der Waals surface area contributed by atoms with E-state index in [0.717, 1.165) is 4.96 Å². The van der Waals surface area contributed by atoms with E-state index in [9.17, 15) is 9.18 Å². The number of thiazole rings is 1. The molecule has 22 heavy (non-hydrogen) atoms. The lowest BCUT2D eigenvalue weighted by Crippen LogP contribution is -2.28. The number of amides is 1. The number of nitrogens with zero attached hydrogens (tertiary/aromatic N) is 3. The van der Waals surface area contributed by atoms with Crippen molar-refractivity contribution in [3.05, 3.63) is 58.1 Å². The van der Waals surface area contributed by atoms with Gasteiger partial charge in [0.1, 0.15) is 5.82 Å². The van der Waals surface area contributed by atoms with Crippen LogP contribution in [-0.2, 0) is 17.8 Å². The number of aromatic nitrogens is 2. The Bertz CT molecular complexity index is 780. The van der Waals surface area contributed by atoms with Crippen LogP contribution in [0.25, 0.3) is 4.96 Å². The van der Waals surface area contributed by atoms with Gasteiger partial charge >= 0.3 is 0 Å².